The summed E-state index contributed by atoms with van der Waals surface area (Å²) >= 11 is 0. The first kappa shape index (κ1) is 6.39. The Balaban J connectivity index is 2.75. The number of alkyl halides is 1. The molecule has 0 saturated carbocycles. The first-order valence-electron chi connectivity index (χ1n) is 2.56. The van der Waals surface area contributed by atoms with E-state index < -0.39 is 24.2 Å². The van der Waals surface area contributed by atoms with E-state index in [9.17, 15) is 13.2 Å². The van der Waals surface area contributed by atoms with Crippen LogP contribution in [0.25, 0.3) is 0 Å². The molecule has 0 N–H and O–H groups in total. The molecular weight excluding hydrogens is 129 g/mol. The van der Waals surface area contributed by atoms with Crippen LogP contribution in [0.15, 0.2) is 23.8 Å². The van der Waals surface area contributed by atoms with Crippen LogP contribution in [-0.4, -0.2) is 6.17 Å². The van der Waals surface area contributed by atoms with Gasteiger partial charge in [-0.25, -0.2) is 13.2 Å². The Morgan fingerprint density at radius 2 is 2.11 bits per heavy atom. The molecule has 1 rings (SSSR count). The van der Waals surface area contributed by atoms with Crippen LogP contribution in [-0.2, 0) is 0 Å². The van der Waals surface area contributed by atoms with Crippen molar-refractivity contribution < 1.29 is 13.2 Å². The molecule has 0 aromatic rings. The van der Waals surface area contributed by atoms with Crippen molar-refractivity contribution in [2.24, 2.45) is 0 Å². The SMILES string of the molecule is FC1=C(F)CC(F)C=C1. The lowest BCUT2D eigenvalue weighted by Crippen LogP contribution is -2.00. The van der Waals surface area contributed by atoms with E-state index in [1.54, 1.807) is 0 Å². The summed E-state index contributed by atoms with van der Waals surface area (Å²) < 4.78 is 36.1. The first-order chi connectivity index (χ1) is 4.20. The summed E-state index contributed by atoms with van der Waals surface area (Å²) in [6, 6.07) is 0. The van der Waals surface area contributed by atoms with E-state index >= 15 is 0 Å². The molecule has 0 amide bonds. The summed E-state index contributed by atoms with van der Waals surface area (Å²) in [6.45, 7) is 0. The number of allylic oxidation sites excluding steroid dienone is 4. The molecule has 0 radical (unpaired) electrons. The first-order valence-corrected chi connectivity index (χ1v) is 2.56. The average Bonchev–Trinajstić information content (AvgIpc) is 1.80. The van der Waals surface area contributed by atoms with Crippen molar-refractivity contribution in [3.8, 4) is 0 Å². The van der Waals surface area contributed by atoms with Gasteiger partial charge in [0.05, 0.1) is 0 Å². The Bertz CT molecular complexity index is 169. The largest absolute Gasteiger partial charge is 0.242 e. The van der Waals surface area contributed by atoms with Gasteiger partial charge in [-0.15, -0.1) is 0 Å². The van der Waals surface area contributed by atoms with E-state index in [1.165, 1.54) is 0 Å². The molecule has 1 aliphatic rings. The van der Waals surface area contributed by atoms with Crippen LogP contribution >= 0.6 is 0 Å². The van der Waals surface area contributed by atoms with Gasteiger partial charge in [0.1, 0.15) is 12.0 Å². The van der Waals surface area contributed by atoms with Gasteiger partial charge in [-0.2, -0.15) is 0 Å². The fraction of sp³-hybridized carbons (Fsp3) is 0.333. The smallest absolute Gasteiger partial charge is 0.154 e. The lowest BCUT2D eigenvalue weighted by Gasteiger charge is -2.04. The van der Waals surface area contributed by atoms with Crippen LogP contribution in [0.3, 0.4) is 0 Å². The third-order valence-corrected chi connectivity index (χ3v) is 1.08. The maximum Gasteiger partial charge on any atom is 0.154 e. The summed E-state index contributed by atoms with van der Waals surface area (Å²) in [5, 5.41) is 0. The molecule has 0 aliphatic heterocycles. The molecular formula is C6H5F3. The summed E-state index contributed by atoms with van der Waals surface area (Å²) in [5.41, 5.74) is 0. The predicted octanol–water partition coefficient (Wildman–Crippen LogP) is 2.44. The molecule has 0 aromatic carbocycles. The molecule has 0 spiro atoms. The molecule has 0 nitrogen and oxygen atoms in total. The van der Waals surface area contributed by atoms with Gasteiger partial charge < -0.3 is 0 Å². The van der Waals surface area contributed by atoms with Gasteiger partial charge in [0.25, 0.3) is 0 Å². The van der Waals surface area contributed by atoms with Crippen molar-refractivity contribution in [2.75, 3.05) is 0 Å². The zero-order valence-electron chi connectivity index (χ0n) is 4.57. The van der Waals surface area contributed by atoms with E-state index in [1.807, 2.05) is 0 Å². The molecule has 0 fully saturated rings. The van der Waals surface area contributed by atoms with Crippen LogP contribution in [0.1, 0.15) is 6.42 Å². The fourth-order valence-electron chi connectivity index (χ4n) is 0.616. The molecule has 50 valence electrons. The Morgan fingerprint density at radius 1 is 1.44 bits per heavy atom. The summed E-state index contributed by atoms with van der Waals surface area (Å²) in [7, 11) is 0. The lowest BCUT2D eigenvalue weighted by molar-refractivity contribution is 0.356. The van der Waals surface area contributed by atoms with Crippen LogP contribution in [0.2, 0.25) is 0 Å². The molecule has 0 bridgehead atoms. The van der Waals surface area contributed by atoms with Crippen LogP contribution in [0, 0.1) is 0 Å². The fourth-order valence-corrected chi connectivity index (χ4v) is 0.616. The summed E-state index contributed by atoms with van der Waals surface area (Å²) in [4.78, 5) is 0. The minimum atomic E-state index is -1.36. The Kier molecular flexibility index (Phi) is 1.60. The Morgan fingerprint density at radius 3 is 2.56 bits per heavy atom. The van der Waals surface area contributed by atoms with Gasteiger partial charge in [-0.1, -0.05) is 0 Å². The molecule has 1 atom stereocenters. The molecule has 0 aromatic heterocycles. The highest BCUT2D eigenvalue weighted by Gasteiger charge is 2.14. The van der Waals surface area contributed by atoms with Gasteiger partial charge >= 0.3 is 0 Å². The van der Waals surface area contributed by atoms with Gasteiger partial charge in [-0.3, -0.25) is 0 Å². The second-order valence-electron chi connectivity index (χ2n) is 1.83. The Hall–Kier alpha value is -0.730. The van der Waals surface area contributed by atoms with Gasteiger partial charge in [-0.05, 0) is 12.2 Å². The number of hydrogen-bond donors (Lipinski definition) is 0. The molecule has 3 heteroatoms. The van der Waals surface area contributed by atoms with Crippen molar-refractivity contribution in [1.29, 1.82) is 0 Å². The van der Waals surface area contributed by atoms with Crippen LogP contribution in [0.5, 0.6) is 0 Å². The van der Waals surface area contributed by atoms with E-state index in [2.05, 4.69) is 0 Å². The maximum absolute atomic E-state index is 12.1. The van der Waals surface area contributed by atoms with Gasteiger partial charge in [0, 0.05) is 6.42 Å². The standard InChI is InChI=1S/C6H5F3/c7-4-1-2-5(8)6(9)3-4/h1-2,4H,3H2. The minimum Gasteiger partial charge on any atom is -0.242 e. The second-order valence-corrected chi connectivity index (χ2v) is 1.83. The monoisotopic (exact) mass is 134 g/mol. The topological polar surface area (TPSA) is 0 Å². The molecule has 0 saturated heterocycles. The number of rotatable bonds is 0. The van der Waals surface area contributed by atoms with Crippen molar-refractivity contribution in [3.05, 3.63) is 23.8 Å². The minimum absolute atomic E-state index is 0.456. The quantitative estimate of drug-likeness (QED) is 0.477. The van der Waals surface area contributed by atoms with E-state index in [0.29, 0.717) is 0 Å². The van der Waals surface area contributed by atoms with E-state index in [4.69, 9.17) is 0 Å². The molecule has 9 heavy (non-hydrogen) atoms. The predicted molar refractivity (Wildman–Crippen MR) is 27.9 cm³/mol. The third-order valence-electron chi connectivity index (χ3n) is 1.08. The van der Waals surface area contributed by atoms with E-state index in [-0.39, 0.29) is 0 Å². The zero-order chi connectivity index (χ0) is 6.85. The lowest BCUT2D eigenvalue weighted by atomic mass is 10.1. The van der Waals surface area contributed by atoms with Crippen molar-refractivity contribution in [1.82, 2.24) is 0 Å². The molecule has 1 aliphatic carbocycles. The number of hydrogen-bond acceptors (Lipinski definition) is 0. The van der Waals surface area contributed by atoms with Gasteiger partial charge in [0.15, 0.2) is 5.83 Å². The maximum atomic E-state index is 12.1. The van der Waals surface area contributed by atoms with Gasteiger partial charge in [0.2, 0.25) is 0 Å². The van der Waals surface area contributed by atoms with Crippen molar-refractivity contribution in [2.45, 2.75) is 12.6 Å². The third kappa shape index (κ3) is 1.34. The number of halogens is 3. The van der Waals surface area contributed by atoms with Crippen LogP contribution < -0.4 is 0 Å². The highest BCUT2D eigenvalue weighted by atomic mass is 19.2. The zero-order valence-corrected chi connectivity index (χ0v) is 4.57. The normalized spacial score (nSPS) is 27.2. The Labute approximate surface area is 50.7 Å². The average molecular weight is 134 g/mol. The van der Waals surface area contributed by atoms with Crippen molar-refractivity contribution >= 4 is 0 Å². The molecule has 0 heterocycles. The highest BCUT2D eigenvalue weighted by molar-refractivity contribution is 5.21. The summed E-state index contributed by atoms with van der Waals surface area (Å²) in [6.07, 6.45) is -0.00551. The second kappa shape index (κ2) is 2.25. The highest BCUT2D eigenvalue weighted by Crippen LogP contribution is 2.22. The van der Waals surface area contributed by atoms with E-state index in [0.717, 1.165) is 12.2 Å². The summed E-state index contributed by atoms with van der Waals surface area (Å²) in [5.74, 6) is -1.95. The molecule has 1 unspecified atom stereocenters. The van der Waals surface area contributed by atoms with Crippen LogP contribution in [0.4, 0.5) is 13.2 Å². The van der Waals surface area contributed by atoms with Crippen molar-refractivity contribution in [3.63, 3.8) is 0 Å².